The van der Waals surface area contributed by atoms with Crippen molar-refractivity contribution in [3.05, 3.63) is 11.3 Å². The smallest absolute Gasteiger partial charge is 0.257 e. The van der Waals surface area contributed by atoms with Gasteiger partial charge in [0.2, 0.25) is 0 Å². The van der Waals surface area contributed by atoms with E-state index in [0.717, 1.165) is 0 Å². The Morgan fingerprint density at radius 2 is 2.36 bits per heavy atom. The molecule has 0 fully saturated rings. The van der Waals surface area contributed by atoms with Crippen molar-refractivity contribution < 1.29 is 13.6 Å². The summed E-state index contributed by atoms with van der Waals surface area (Å²) in [6.45, 7) is 0.892. The van der Waals surface area contributed by atoms with Crippen LogP contribution < -0.4 is 11.1 Å². The summed E-state index contributed by atoms with van der Waals surface area (Å²) in [6, 6.07) is 0. The van der Waals surface area contributed by atoms with Crippen LogP contribution in [-0.2, 0) is 0 Å². The number of H-pyrrole nitrogens is 1. The van der Waals surface area contributed by atoms with Gasteiger partial charge >= 0.3 is 0 Å². The molecule has 1 amide bonds. The summed E-state index contributed by atoms with van der Waals surface area (Å²) < 4.78 is 23.5. The maximum Gasteiger partial charge on any atom is 0.257 e. The van der Waals surface area contributed by atoms with Gasteiger partial charge in [-0.2, -0.15) is 5.10 Å². The maximum atomic E-state index is 11.8. The van der Waals surface area contributed by atoms with Crippen LogP contribution in [0.4, 0.5) is 14.6 Å². The van der Waals surface area contributed by atoms with E-state index in [0.29, 0.717) is 5.69 Å². The van der Waals surface area contributed by atoms with Crippen LogP contribution in [-0.4, -0.2) is 29.1 Å². The lowest BCUT2D eigenvalue weighted by molar-refractivity contribution is 0.0892. The van der Waals surface area contributed by atoms with Crippen molar-refractivity contribution in [3.8, 4) is 0 Å². The molecule has 0 aliphatic rings. The minimum atomic E-state index is -2.58. The van der Waals surface area contributed by atoms with E-state index in [-0.39, 0.29) is 11.4 Å². The zero-order chi connectivity index (χ0) is 10.7. The molecule has 0 bridgehead atoms. The largest absolute Gasteiger partial charge is 0.382 e. The Morgan fingerprint density at radius 1 is 1.71 bits per heavy atom. The predicted octanol–water partition coefficient (Wildman–Crippen LogP) is 0.295. The second-order valence-corrected chi connectivity index (χ2v) is 2.71. The molecule has 7 heteroatoms. The number of aromatic nitrogens is 2. The first-order valence-corrected chi connectivity index (χ1v) is 3.89. The number of rotatable bonds is 3. The topological polar surface area (TPSA) is 83.8 Å². The van der Waals surface area contributed by atoms with Crippen LogP contribution in [0.1, 0.15) is 16.1 Å². The van der Waals surface area contributed by atoms with Gasteiger partial charge in [0.25, 0.3) is 12.3 Å². The van der Waals surface area contributed by atoms with Crippen molar-refractivity contribution in [2.75, 3.05) is 12.3 Å². The van der Waals surface area contributed by atoms with Gasteiger partial charge in [0.15, 0.2) is 5.82 Å². The van der Waals surface area contributed by atoms with Gasteiger partial charge in [0.05, 0.1) is 6.54 Å². The molecule has 1 heterocycles. The molecule has 0 radical (unpaired) electrons. The molecule has 0 aromatic carbocycles. The number of nitrogen functional groups attached to an aromatic ring is 1. The second-order valence-electron chi connectivity index (χ2n) is 2.71. The van der Waals surface area contributed by atoms with E-state index in [1.54, 1.807) is 6.92 Å². The number of aromatic amines is 1. The monoisotopic (exact) mass is 204 g/mol. The molecule has 4 N–H and O–H groups in total. The van der Waals surface area contributed by atoms with Crippen molar-refractivity contribution in [1.29, 1.82) is 0 Å². The van der Waals surface area contributed by atoms with E-state index in [2.05, 4.69) is 10.2 Å². The van der Waals surface area contributed by atoms with Crippen LogP contribution in [0.25, 0.3) is 0 Å². The SMILES string of the molecule is Cc1[nH]nc(N)c1C(=O)NCC(F)F. The number of hydrogen-bond acceptors (Lipinski definition) is 3. The molecule has 0 aliphatic carbocycles. The van der Waals surface area contributed by atoms with Gasteiger partial charge in [-0.05, 0) is 6.92 Å². The molecule has 0 atom stereocenters. The Morgan fingerprint density at radius 3 is 2.79 bits per heavy atom. The third kappa shape index (κ3) is 2.18. The van der Waals surface area contributed by atoms with Crippen LogP contribution >= 0.6 is 0 Å². The first-order chi connectivity index (χ1) is 6.52. The fourth-order valence-electron chi connectivity index (χ4n) is 0.993. The zero-order valence-electron chi connectivity index (χ0n) is 7.47. The predicted molar refractivity (Wildman–Crippen MR) is 46.1 cm³/mol. The van der Waals surface area contributed by atoms with E-state index in [4.69, 9.17) is 5.73 Å². The van der Waals surface area contributed by atoms with Gasteiger partial charge in [-0.1, -0.05) is 0 Å². The third-order valence-electron chi connectivity index (χ3n) is 1.62. The summed E-state index contributed by atoms with van der Waals surface area (Å²) in [6.07, 6.45) is -2.58. The average Bonchev–Trinajstić information content (AvgIpc) is 2.42. The standard InChI is InChI=1S/C7H10F2N4O/c1-3-5(6(10)13-12-3)7(14)11-2-4(8)9/h4H,2H2,1H3,(H,11,14)(H3,10,12,13). The lowest BCUT2D eigenvalue weighted by Gasteiger charge is -2.03. The highest BCUT2D eigenvalue weighted by Crippen LogP contribution is 2.11. The van der Waals surface area contributed by atoms with Gasteiger partial charge in [0.1, 0.15) is 5.56 Å². The molecule has 0 saturated heterocycles. The Hall–Kier alpha value is -1.66. The van der Waals surface area contributed by atoms with E-state index >= 15 is 0 Å². The van der Waals surface area contributed by atoms with E-state index in [1.165, 1.54) is 0 Å². The molecule has 1 aromatic heterocycles. The normalized spacial score (nSPS) is 10.6. The van der Waals surface area contributed by atoms with Crippen LogP contribution in [0, 0.1) is 6.92 Å². The van der Waals surface area contributed by atoms with Gasteiger partial charge < -0.3 is 11.1 Å². The molecule has 0 saturated carbocycles. The first-order valence-electron chi connectivity index (χ1n) is 3.89. The van der Waals surface area contributed by atoms with Crippen molar-refractivity contribution in [2.24, 2.45) is 0 Å². The lowest BCUT2D eigenvalue weighted by atomic mass is 10.2. The molecule has 14 heavy (non-hydrogen) atoms. The number of carbonyl (C=O) groups is 1. The average molecular weight is 204 g/mol. The van der Waals surface area contributed by atoms with E-state index in [9.17, 15) is 13.6 Å². The van der Waals surface area contributed by atoms with Crippen molar-refractivity contribution in [2.45, 2.75) is 13.3 Å². The highest BCUT2D eigenvalue weighted by molar-refractivity contribution is 5.99. The van der Waals surface area contributed by atoms with Crippen LogP contribution in [0.3, 0.4) is 0 Å². The Labute approximate surface area is 78.7 Å². The highest BCUT2D eigenvalue weighted by Gasteiger charge is 2.16. The second kappa shape index (κ2) is 4.03. The third-order valence-corrected chi connectivity index (χ3v) is 1.62. The molecular weight excluding hydrogens is 194 g/mol. The summed E-state index contributed by atoms with van der Waals surface area (Å²) >= 11 is 0. The van der Waals surface area contributed by atoms with Crippen molar-refractivity contribution in [1.82, 2.24) is 15.5 Å². The molecular formula is C7H10F2N4O. The molecule has 1 aromatic rings. The van der Waals surface area contributed by atoms with Gasteiger partial charge in [0, 0.05) is 5.69 Å². The van der Waals surface area contributed by atoms with Crippen molar-refractivity contribution >= 4 is 11.7 Å². The number of amides is 1. The summed E-state index contributed by atoms with van der Waals surface area (Å²) in [4.78, 5) is 11.3. The number of nitrogens with one attached hydrogen (secondary N) is 2. The molecule has 0 spiro atoms. The van der Waals surface area contributed by atoms with E-state index in [1.807, 2.05) is 5.32 Å². The maximum absolute atomic E-state index is 11.8. The molecule has 78 valence electrons. The van der Waals surface area contributed by atoms with Gasteiger partial charge in [-0.15, -0.1) is 0 Å². The van der Waals surface area contributed by atoms with Crippen LogP contribution in [0.5, 0.6) is 0 Å². The number of carbonyl (C=O) groups excluding carboxylic acids is 1. The minimum Gasteiger partial charge on any atom is -0.382 e. The number of aryl methyl sites for hydroxylation is 1. The fraction of sp³-hybridized carbons (Fsp3) is 0.429. The van der Waals surface area contributed by atoms with E-state index < -0.39 is 18.9 Å². The summed E-state index contributed by atoms with van der Waals surface area (Å²) in [5.74, 6) is -0.636. The first kappa shape index (κ1) is 10.4. The van der Waals surface area contributed by atoms with Gasteiger partial charge in [-0.3, -0.25) is 9.89 Å². The number of nitrogens with two attached hydrogens (primary N) is 1. The fourth-order valence-corrected chi connectivity index (χ4v) is 0.993. The highest BCUT2D eigenvalue weighted by atomic mass is 19.3. The van der Waals surface area contributed by atoms with Crippen LogP contribution in [0.2, 0.25) is 0 Å². The van der Waals surface area contributed by atoms with Crippen molar-refractivity contribution in [3.63, 3.8) is 0 Å². The molecule has 0 aliphatic heterocycles. The number of anilines is 1. The summed E-state index contributed by atoms with van der Waals surface area (Å²) in [5.41, 5.74) is 5.93. The van der Waals surface area contributed by atoms with Gasteiger partial charge in [-0.25, -0.2) is 8.78 Å². The summed E-state index contributed by atoms with van der Waals surface area (Å²) in [5, 5.41) is 8.09. The quantitative estimate of drug-likeness (QED) is 0.661. The number of halogens is 2. The molecule has 0 unspecified atom stereocenters. The molecule has 1 rings (SSSR count). The summed E-state index contributed by atoms with van der Waals surface area (Å²) in [7, 11) is 0. The lowest BCUT2D eigenvalue weighted by Crippen LogP contribution is -2.29. The Balaban J connectivity index is 2.70. The minimum absolute atomic E-state index is 0.00858. The number of nitrogens with zero attached hydrogens (tertiary/aromatic N) is 1. The van der Waals surface area contributed by atoms with Crippen LogP contribution in [0.15, 0.2) is 0 Å². The number of hydrogen-bond donors (Lipinski definition) is 3. The Bertz CT molecular complexity index is 317. The Kier molecular flexibility index (Phi) is 3.00. The zero-order valence-corrected chi connectivity index (χ0v) is 7.47. The molecule has 5 nitrogen and oxygen atoms in total. The number of alkyl halides is 2.